The number of ether oxygens (including phenoxy) is 2. The van der Waals surface area contributed by atoms with Gasteiger partial charge in [0.2, 0.25) is 0 Å². The topological polar surface area (TPSA) is 112 Å². The minimum atomic E-state index is -1.91. The van der Waals surface area contributed by atoms with Crippen LogP contribution in [0.5, 0.6) is 0 Å². The molecule has 2 heterocycles. The monoisotopic (exact) mass is 371 g/mol. The van der Waals surface area contributed by atoms with E-state index in [4.69, 9.17) is 19.0 Å². The van der Waals surface area contributed by atoms with E-state index in [1.54, 1.807) is 0 Å². The van der Waals surface area contributed by atoms with Gasteiger partial charge in [-0.1, -0.05) is 20.8 Å². The summed E-state index contributed by atoms with van der Waals surface area (Å²) in [4.78, 5) is 26.3. The minimum Gasteiger partial charge on any atom is -0.465 e. The number of nitrogens with zero attached hydrogens (tertiary/aromatic N) is 2. The van der Waals surface area contributed by atoms with Gasteiger partial charge in [-0.25, -0.2) is 9.59 Å². The van der Waals surface area contributed by atoms with E-state index in [0.717, 1.165) is 0 Å². The molecule has 1 aromatic heterocycles. The van der Waals surface area contributed by atoms with E-state index in [2.05, 4.69) is 38.8 Å². The second-order valence-electron chi connectivity index (χ2n) is 7.36. The first kappa shape index (κ1) is 19.6. The number of amides is 1. The number of hydrogen-bond acceptors (Lipinski definition) is 6. The van der Waals surface area contributed by atoms with Gasteiger partial charge in [0, 0.05) is 6.20 Å². The van der Waals surface area contributed by atoms with Crippen molar-refractivity contribution in [2.45, 2.75) is 51.4 Å². The van der Waals surface area contributed by atoms with Crippen LogP contribution in [0.25, 0.3) is 0 Å². The Morgan fingerprint density at radius 3 is 2.76 bits per heavy atom. The molecule has 1 aliphatic heterocycles. The Kier molecular flexibility index (Phi) is 5.67. The molecular formula is C15H25N3O6Si. The summed E-state index contributed by atoms with van der Waals surface area (Å²) in [6, 6.07) is 1.39. The van der Waals surface area contributed by atoms with Crippen molar-refractivity contribution in [1.29, 1.82) is 0 Å². The summed E-state index contributed by atoms with van der Waals surface area (Å²) in [5, 5.41) is 10.8. The SMILES string of the molecule is CC(C)(C)[Si](C)(C)OCC1OCC(n2ccc(NC(=O)O)nc2=O)O1. The quantitative estimate of drug-likeness (QED) is 0.763. The van der Waals surface area contributed by atoms with Gasteiger partial charge >= 0.3 is 11.8 Å². The fourth-order valence-electron chi connectivity index (χ4n) is 1.98. The van der Waals surface area contributed by atoms with Gasteiger partial charge in [-0.3, -0.25) is 9.88 Å². The Balaban J connectivity index is 1.97. The first-order chi connectivity index (χ1) is 11.5. The lowest BCUT2D eigenvalue weighted by Crippen LogP contribution is -2.42. The Morgan fingerprint density at radius 2 is 2.20 bits per heavy atom. The zero-order valence-electron chi connectivity index (χ0n) is 15.1. The summed E-state index contributed by atoms with van der Waals surface area (Å²) < 4.78 is 18.6. The molecule has 2 unspecified atom stereocenters. The number of nitrogens with one attached hydrogen (secondary N) is 1. The van der Waals surface area contributed by atoms with Crippen LogP contribution in [0.2, 0.25) is 18.1 Å². The highest BCUT2D eigenvalue weighted by Gasteiger charge is 2.39. The molecule has 25 heavy (non-hydrogen) atoms. The number of hydrogen-bond donors (Lipinski definition) is 2. The normalized spacial score (nSPS) is 21.3. The van der Waals surface area contributed by atoms with Crippen molar-refractivity contribution in [2.24, 2.45) is 0 Å². The average Bonchev–Trinajstić information content (AvgIpc) is 2.92. The van der Waals surface area contributed by atoms with Gasteiger partial charge in [-0.2, -0.15) is 4.98 Å². The number of rotatable bonds is 5. The Bertz CT molecular complexity index is 685. The molecule has 9 nitrogen and oxygen atoms in total. The van der Waals surface area contributed by atoms with E-state index in [1.807, 2.05) is 5.32 Å². The van der Waals surface area contributed by atoms with Crippen LogP contribution in [0.4, 0.5) is 10.6 Å². The third-order valence-electron chi connectivity index (χ3n) is 4.50. The molecule has 0 saturated carbocycles. The Hall–Kier alpha value is -1.75. The summed E-state index contributed by atoms with van der Waals surface area (Å²) >= 11 is 0. The van der Waals surface area contributed by atoms with Crippen LogP contribution in [0, 0.1) is 0 Å². The van der Waals surface area contributed by atoms with Crippen LogP contribution < -0.4 is 11.0 Å². The summed E-state index contributed by atoms with van der Waals surface area (Å²) in [6.45, 7) is 11.2. The van der Waals surface area contributed by atoms with Crippen molar-refractivity contribution in [3.05, 3.63) is 22.7 Å². The predicted molar refractivity (Wildman–Crippen MR) is 93.2 cm³/mol. The number of carboxylic acid groups (broad SMARTS) is 1. The highest BCUT2D eigenvalue weighted by Crippen LogP contribution is 2.37. The smallest absolute Gasteiger partial charge is 0.410 e. The van der Waals surface area contributed by atoms with Gasteiger partial charge < -0.3 is 19.0 Å². The lowest BCUT2D eigenvalue weighted by molar-refractivity contribution is -0.0962. The average molecular weight is 371 g/mol. The summed E-state index contributed by atoms with van der Waals surface area (Å²) in [5.74, 6) is -0.0366. The number of carbonyl (C=O) groups is 1. The van der Waals surface area contributed by atoms with Crippen LogP contribution in [-0.2, 0) is 13.9 Å². The number of aromatic nitrogens is 2. The van der Waals surface area contributed by atoms with Gasteiger partial charge in [-0.15, -0.1) is 0 Å². The Labute approximate surface area is 147 Å². The second kappa shape index (κ2) is 7.24. The summed E-state index contributed by atoms with van der Waals surface area (Å²) in [5.41, 5.74) is -0.620. The zero-order valence-corrected chi connectivity index (χ0v) is 16.1. The molecule has 0 radical (unpaired) electrons. The summed E-state index contributed by atoms with van der Waals surface area (Å²) in [6.07, 6.45) is -1.03. The second-order valence-corrected chi connectivity index (χ2v) is 12.2. The van der Waals surface area contributed by atoms with Crippen molar-refractivity contribution in [1.82, 2.24) is 9.55 Å². The first-order valence-corrected chi connectivity index (χ1v) is 10.9. The maximum Gasteiger partial charge on any atom is 0.410 e. The van der Waals surface area contributed by atoms with Crippen molar-refractivity contribution in [3.63, 3.8) is 0 Å². The third kappa shape index (κ3) is 4.88. The first-order valence-electron chi connectivity index (χ1n) is 8.00. The third-order valence-corrected chi connectivity index (χ3v) is 9.00. The standard InChI is InChI=1S/C15H25N3O6Si/c1-15(2,3)25(4,5)23-9-12-22-8-11(24-12)18-7-6-10(16-13(18)19)17-14(20)21/h6-7,11-12H,8-9H2,1-5H3,(H,20,21)(H,16,17,19). The molecule has 10 heteroatoms. The molecule has 1 amide bonds. The molecule has 0 bridgehead atoms. The van der Waals surface area contributed by atoms with Crippen LogP contribution in [0.15, 0.2) is 17.1 Å². The van der Waals surface area contributed by atoms with Gasteiger partial charge in [0.25, 0.3) is 0 Å². The van der Waals surface area contributed by atoms with Gasteiger partial charge in [-0.05, 0) is 24.2 Å². The molecule has 1 aromatic rings. The van der Waals surface area contributed by atoms with Crippen molar-refractivity contribution in [3.8, 4) is 0 Å². The fraction of sp³-hybridized carbons (Fsp3) is 0.667. The van der Waals surface area contributed by atoms with E-state index < -0.39 is 32.6 Å². The maximum absolute atomic E-state index is 12.0. The molecule has 2 atom stereocenters. The van der Waals surface area contributed by atoms with Gasteiger partial charge in [0.15, 0.2) is 20.8 Å². The van der Waals surface area contributed by atoms with E-state index in [9.17, 15) is 9.59 Å². The highest BCUT2D eigenvalue weighted by molar-refractivity contribution is 6.74. The molecule has 2 N–H and O–H groups in total. The van der Waals surface area contributed by atoms with Crippen LogP contribution in [0.1, 0.15) is 27.0 Å². The van der Waals surface area contributed by atoms with E-state index in [0.29, 0.717) is 6.61 Å². The van der Waals surface area contributed by atoms with Crippen LogP contribution >= 0.6 is 0 Å². The van der Waals surface area contributed by atoms with Crippen molar-refractivity contribution in [2.75, 3.05) is 18.5 Å². The largest absolute Gasteiger partial charge is 0.465 e. The minimum absolute atomic E-state index is 0.0366. The maximum atomic E-state index is 12.0. The molecule has 1 saturated heterocycles. The fourth-order valence-corrected chi connectivity index (χ4v) is 2.97. The zero-order chi connectivity index (χ0) is 18.8. The Morgan fingerprint density at radius 1 is 1.52 bits per heavy atom. The highest BCUT2D eigenvalue weighted by atomic mass is 28.4. The lowest BCUT2D eigenvalue weighted by atomic mass is 10.2. The molecule has 1 aliphatic rings. The van der Waals surface area contributed by atoms with E-state index >= 15 is 0 Å². The van der Waals surface area contributed by atoms with Crippen molar-refractivity contribution >= 4 is 20.2 Å². The lowest BCUT2D eigenvalue weighted by Gasteiger charge is -2.36. The van der Waals surface area contributed by atoms with Crippen LogP contribution in [-0.4, -0.2) is 48.6 Å². The molecule has 0 aromatic carbocycles. The molecule has 2 rings (SSSR count). The van der Waals surface area contributed by atoms with Crippen molar-refractivity contribution < 1.29 is 23.8 Å². The summed E-state index contributed by atoms with van der Waals surface area (Å²) in [7, 11) is -1.91. The number of anilines is 1. The molecule has 0 spiro atoms. The van der Waals surface area contributed by atoms with E-state index in [-0.39, 0.29) is 17.5 Å². The molecule has 140 valence electrons. The van der Waals surface area contributed by atoms with Gasteiger partial charge in [0.1, 0.15) is 5.82 Å². The predicted octanol–water partition coefficient (Wildman–Crippen LogP) is 2.23. The molecular weight excluding hydrogens is 346 g/mol. The van der Waals surface area contributed by atoms with Gasteiger partial charge in [0.05, 0.1) is 13.2 Å². The van der Waals surface area contributed by atoms with E-state index in [1.165, 1.54) is 16.8 Å². The van der Waals surface area contributed by atoms with Crippen LogP contribution in [0.3, 0.4) is 0 Å². The molecule has 0 aliphatic carbocycles. The molecule has 1 fully saturated rings.